The molecule has 0 radical (unpaired) electrons. The zero-order chi connectivity index (χ0) is 52.2. The van der Waals surface area contributed by atoms with Crippen LogP contribution in [0.3, 0.4) is 0 Å². The van der Waals surface area contributed by atoms with Crippen LogP contribution in [0.15, 0.2) is 90.3 Å². The van der Waals surface area contributed by atoms with Crippen molar-refractivity contribution in [1.29, 1.82) is 0 Å². The molecule has 16 nitrogen and oxygen atoms in total. The Balaban J connectivity index is 1.01. The summed E-state index contributed by atoms with van der Waals surface area (Å²) in [6.07, 6.45) is 11.4. The van der Waals surface area contributed by atoms with Gasteiger partial charge in [0.15, 0.2) is 23.0 Å². The van der Waals surface area contributed by atoms with E-state index in [2.05, 4.69) is 45.4 Å². The van der Waals surface area contributed by atoms with Crippen LogP contribution in [0.25, 0.3) is 5.57 Å². The Labute approximate surface area is 431 Å². The molecule has 3 aromatic carbocycles. The third-order valence-corrected chi connectivity index (χ3v) is 17.2. The first-order valence-corrected chi connectivity index (χ1v) is 32.6. The van der Waals surface area contributed by atoms with Crippen molar-refractivity contribution in [3.63, 3.8) is 0 Å². The molecule has 4 heterocycles. The van der Waals surface area contributed by atoms with Gasteiger partial charge < -0.3 is 48.7 Å². The zero-order valence-corrected chi connectivity index (χ0v) is 45.8. The quantitative estimate of drug-likeness (QED) is 0.0752. The Bertz CT molecular complexity index is 2710. The highest BCUT2D eigenvalue weighted by molar-refractivity contribution is 6.76. The Morgan fingerprint density at radius 3 is 1.56 bits per heavy atom. The minimum atomic E-state index is -1.45. The van der Waals surface area contributed by atoms with Gasteiger partial charge in [0, 0.05) is 86.8 Å². The number of rotatable bonds is 22. The van der Waals surface area contributed by atoms with Crippen LogP contribution in [0.2, 0.25) is 51.4 Å². The maximum atomic E-state index is 14.6. The summed E-state index contributed by atoms with van der Waals surface area (Å²) in [7, 11) is 1.80. The maximum absolute atomic E-state index is 14.6. The molecule has 1 unspecified atom stereocenters. The molecule has 0 aromatic heterocycles. The monoisotopic (exact) mass is 1030 g/mol. The van der Waals surface area contributed by atoms with Crippen molar-refractivity contribution >= 4 is 56.7 Å². The summed E-state index contributed by atoms with van der Waals surface area (Å²) >= 11 is 0. The second-order valence-corrected chi connectivity index (χ2v) is 32.7. The Kier molecular flexibility index (Phi) is 16.5. The van der Waals surface area contributed by atoms with Crippen molar-refractivity contribution in [2.45, 2.75) is 102 Å². The number of carbonyl (C=O) groups excluding carboxylic acids is 4. The molecule has 4 aliphatic heterocycles. The van der Waals surface area contributed by atoms with E-state index in [1.54, 1.807) is 53.6 Å². The molecule has 3 aromatic rings. The molecule has 3 atom stereocenters. The van der Waals surface area contributed by atoms with E-state index in [4.69, 9.17) is 38.9 Å². The molecular weight excluding hydrogens is 963 g/mol. The number of allylic oxidation sites excluding steroid dienone is 2. The molecule has 390 valence electrons. The van der Waals surface area contributed by atoms with Crippen LogP contribution in [-0.4, -0.2) is 129 Å². The van der Waals surface area contributed by atoms with Crippen molar-refractivity contribution in [2.75, 3.05) is 71.0 Å². The number of anilines is 2. The van der Waals surface area contributed by atoms with E-state index in [0.717, 1.165) is 39.9 Å². The fraction of sp³-hybridized carbons (Fsp3) is 0.455. The van der Waals surface area contributed by atoms with Gasteiger partial charge in [-0.1, -0.05) is 81.8 Å². The fourth-order valence-corrected chi connectivity index (χ4v) is 10.9. The standard InChI is InChI=1S/C55H71N5O11Si2/c1-65-41-17-15-38(16-18-41)40-26-47-55(64)60(35-69-22-24-73(7,8)9)45-30-51(49(67-3)28-43(45)53(62)58(47)33-40)71-20-10-19-70-50-29-44-42(27-48(50)66-2)52(61)57-32-39(37-13-11-36(31-56)12-14-37)25-46(57)54(63)59(44)34-68-21-23-72(4,5)6/h11-17,27-30,32-33,41,46-47H,10,18-26,31,34-35,56H2,1-9H3/t41?,46-,47-/m0/s1. The smallest absolute Gasteiger partial charge is 0.260 e. The Morgan fingerprint density at radius 2 is 1.12 bits per heavy atom. The summed E-state index contributed by atoms with van der Waals surface area (Å²) in [5.74, 6) is 0.145. The molecule has 4 amide bonds. The molecule has 18 heteroatoms. The Morgan fingerprint density at radius 1 is 0.630 bits per heavy atom. The van der Waals surface area contributed by atoms with E-state index in [-0.39, 0.29) is 62.0 Å². The van der Waals surface area contributed by atoms with Crippen LogP contribution in [0.4, 0.5) is 11.4 Å². The average molecular weight is 1030 g/mol. The van der Waals surface area contributed by atoms with Crippen molar-refractivity contribution in [3.05, 3.63) is 113 Å². The summed E-state index contributed by atoms with van der Waals surface area (Å²) in [5.41, 5.74) is 11.8. The molecule has 1 aliphatic carbocycles. The van der Waals surface area contributed by atoms with Gasteiger partial charge in [-0.05, 0) is 58.5 Å². The highest BCUT2D eigenvalue weighted by Gasteiger charge is 2.45. The Hall–Kier alpha value is -6.03. The van der Waals surface area contributed by atoms with E-state index in [1.165, 1.54) is 24.0 Å². The molecule has 0 fully saturated rings. The number of carbonyl (C=O) groups is 4. The van der Waals surface area contributed by atoms with Gasteiger partial charge in [-0.2, -0.15) is 0 Å². The molecular formula is C55H71N5O11Si2. The summed E-state index contributed by atoms with van der Waals surface area (Å²) in [6.45, 7) is 15.2. The van der Waals surface area contributed by atoms with Gasteiger partial charge in [0.1, 0.15) is 25.5 Å². The van der Waals surface area contributed by atoms with Gasteiger partial charge in [0.25, 0.3) is 23.6 Å². The van der Waals surface area contributed by atoms with E-state index in [1.807, 2.05) is 36.4 Å². The first-order valence-electron chi connectivity index (χ1n) is 25.2. The third-order valence-electron chi connectivity index (χ3n) is 13.8. The number of hydrogen-bond acceptors (Lipinski definition) is 12. The van der Waals surface area contributed by atoms with Crippen molar-refractivity contribution in [2.24, 2.45) is 5.73 Å². The normalized spacial score (nSPS) is 19.7. The van der Waals surface area contributed by atoms with Gasteiger partial charge in [-0.3, -0.25) is 29.0 Å². The number of methoxy groups -OCH3 is 3. The number of nitrogens with two attached hydrogens (primary N) is 1. The minimum Gasteiger partial charge on any atom is -0.493 e. The second kappa shape index (κ2) is 22.6. The number of ether oxygens (including phenoxy) is 7. The number of fused-ring (bicyclic) bond motifs is 4. The maximum Gasteiger partial charge on any atom is 0.260 e. The lowest BCUT2D eigenvalue weighted by Crippen LogP contribution is -2.45. The summed E-state index contributed by atoms with van der Waals surface area (Å²) < 4.78 is 42.2. The molecule has 0 spiro atoms. The van der Waals surface area contributed by atoms with E-state index < -0.39 is 28.2 Å². The van der Waals surface area contributed by atoms with Gasteiger partial charge in [0.05, 0.1) is 56.0 Å². The third kappa shape index (κ3) is 12.0. The SMILES string of the molecule is COc1cc2c(cc1OCCCOc1cc3c(cc1OC)C(=O)N1C=C(c4ccc(CN)cc4)C[C@H]1C(=O)N3COCC[Si](C)(C)C)N(COCC[Si](C)(C)C)C(=O)[C@@H]1CC(C3=CCC(OC)C=C3)=CN1C2=O. The lowest BCUT2D eigenvalue weighted by molar-refractivity contribution is -0.123. The summed E-state index contributed by atoms with van der Waals surface area (Å²) in [5, 5.41) is 0. The second-order valence-electron chi connectivity index (χ2n) is 21.4. The van der Waals surface area contributed by atoms with E-state index >= 15 is 0 Å². The number of benzene rings is 3. The number of hydrogen-bond donors (Lipinski definition) is 1. The molecule has 0 saturated carbocycles. The van der Waals surface area contributed by atoms with Gasteiger partial charge >= 0.3 is 0 Å². The van der Waals surface area contributed by atoms with Gasteiger partial charge in [-0.25, -0.2) is 0 Å². The molecule has 0 bridgehead atoms. The molecule has 0 saturated heterocycles. The number of nitrogens with zero attached hydrogens (tertiary/aromatic N) is 4. The highest BCUT2D eigenvalue weighted by Crippen LogP contribution is 2.44. The molecule has 5 aliphatic rings. The van der Waals surface area contributed by atoms with Crippen LogP contribution in [0.1, 0.15) is 57.5 Å². The van der Waals surface area contributed by atoms with Gasteiger partial charge in [-0.15, -0.1) is 0 Å². The predicted molar refractivity (Wildman–Crippen MR) is 287 cm³/mol. The molecule has 8 rings (SSSR count). The van der Waals surface area contributed by atoms with Gasteiger partial charge in [0.2, 0.25) is 0 Å². The number of amides is 4. The van der Waals surface area contributed by atoms with Crippen LogP contribution in [-0.2, 0) is 30.3 Å². The lowest BCUT2D eigenvalue weighted by atomic mass is 9.96. The summed E-state index contributed by atoms with van der Waals surface area (Å²) in [6, 6.07) is 14.7. The van der Waals surface area contributed by atoms with Crippen LogP contribution < -0.4 is 34.5 Å². The highest BCUT2D eigenvalue weighted by atomic mass is 28.3. The van der Waals surface area contributed by atoms with Crippen LogP contribution in [0, 0.1) is 0 Å². The fourth-order valence-electron chi connectivity index (χ4n) is 9.37. The average Bonchev–Trinajstić information content (AvgIpc) is 4.01. The summed E-state index contributed by atoms with van der Waals surface area (Å²) in [4.78, 5) is 64.4. The first-order chi connectivity index (χ1) is 34.9. The van der Waals surface area contributed by atoms with Crippen LogP contribution >= 0.6 is 0 Å². The molecule has 73 heavy (non-hydrogen) atoms. The van der Waals surface area contributed by atoms with Crippen molar-refractivity contribution in [3.8, 4) is 23.0 Å². The van der Waals surface area contributed by atoms with Crippen LogP contribution in [0.5, 0.6) is 23.0 Å². The first kappa shape index (κ1) is 53.3. The topological polar surface area (TPSA) is 172 Å². The minimum absolute atomic E-state index is 0.0177. The molecule has 2 N–H and O–H groups in total. The zero-order valence-electron chi connectivity index (χ0n) is 43.8. The lowest BCUT2D eigenvalue weighted by Gasteiger charge is -2.27. The largest absolute Gasteiger partial charge is 0.493 e. The predicted octanol–water partition coefficient (Wildman–Crippen LogP) is 8.58. The van der Waals surface area contributed by atoms with Crippen molar-refractivity contribution < 1.29 is 52.3 Å². The van der Waals surface area contributed by atoms with E-state index in [9.17, 15) is 19.2 Å². The van der Waals surface area contributed by atoms with Crippen molar-refractivity contribution in [1.82, 2.24) is 9.80 Å². The van der Waals surface area contributed by atoms with E-state index in [0.29, 0.717) is 85.4 Å².